The van der Waals surface area contributed by atoms with Crippen LogP contribution in [0.1, 0.15) is 24.3 Å². The zero-order chi connectivity index (χ0) is 18.3. The molecule has 0 spiro atoms. The van der Waals surface area contributed by atoms with Crippen LogP contribution in [0.3, 0.4) is 0 Å². The van der Waals surface area contributed by atoms with Crippen LogP contribution in [0.25, 0.3) is 0 Å². The van der Waals surface area contributed by atoms with Crippen LogP contribution < -0.4 is 10.1 Å². The molecule has 0 aliphatic carbocycles. The number of halogens is 3. The molecule has 2 N–H and O–H groups in total. The molecular formula is C16H17F3N2O3S. The van der Waals surface area contributed by atoms with Gasteiger partial charge in [0.2, 0.25) is 0 Å². The number of aromatic nitrogens is 1. The highest BCUT2D eigenvalue weighted by molar-refractivity contribution is 7.11. The summed E-state index contributed by atoms with van der Waals surface area (Å²) < 4.78 is 37.6. The second-order valence-electron chi connectivity index (χ2n) is 5.27. The normalized spacial score (nSPS) is 15.2. The Morgan fingerprint density at radius 2 is 1.92 bits per heavy atom. The number of nitrogens with one attached hydrogen (secondary N) is 1. The predicted octanol–water partition coefficient (Wildman–Crippen LogP) is 4.04. The minimum Gasteiger partial charge on any atom is -0.475 e. The number of carboxylic acid groups (broad SMARTS) is 1. The highest BCUT2D eigenvalue weighted by atomic mass is 32.1. The molecule has 136 valence electrons. The quantitative estimate of drug-likeness (QED) is 0.849. The number of alkyl halides is 3. The van der Waals surface area contributed by atoms with Crippen molar-refractivity contribution in [3.63, 3.8) is 0 Å². The first-order valence-corrected chi connectivity index (χ1v) is 8.43. The first-order valence-electron chi connectivity index (χ1n) is 7.55. The fourth-order valence-corrected chi connectivity index (χ4v) is 2.90. The Morgan fingerprint density at radius 3 is 2.48 bits per heavy atom. The number of hydrogen-bond donors (Lipinski definition) is 2. The Labute approximate surface area is 146 Å². The molecule has 2 heterocycles. The number of aliphatic carboxylic acids is 1. The monoisotopic (exact) mass is 374 g/mol. The van der Waals surface area contributed by atoms with E-state index in [0.717, 1.165) is 24.0 Å². The number of hydrogen-bond acceptors (Lipinski definition) is 5. The molecule has 1 saturated heterocycles. The molecule has 3 rings (SSSR count). The second-order valence-corrected chi connectivity index (χ2v) is 6.12. The summed E-state index contributed by atoms with van der Waals surface area (Å²) in [5.74, 6) is -1.20. The number of ether oxygens (including phenoxy) is 1. The number of thiazole rings is 1. The number of para-hydroxylation sites is 1. The molecule has 5 nitrogen and oxygen atoms in total. The van der Waals surface area contributed by atoms with Crippen molar-refractivity contribution in [2.75, 3.05) is 13.1 Å². The van der Waals surface area contributed by atoms with Gasteiger partial charge in [-0.3, -0.25) is 0 Å². The summed E-state index contributed by atoms with van der Waals surface area (Å²) >= 11 is 1.53. The Kier molecular flexibility index (Phi) is 6.77. The van der Waals surface area contributed by atoms with Gasteiger partial charge in [0.25, 0.3) is 5.19 Å². The van der Waals surface area contributed by atoms with E-state index < -0.39 is 12.1 Å². The van der Waals surface area contributed by atoms with Gasteiger partial charge in [-0.05, 0) is 43.5 Å². The van der Waals surface area contributed by atoms with E-state index in [-0.39, 0.29) is 0 Å². The van der Waals surface area contributed by atoms with Gasteiger partial charge in [-0.1, -0.05) is 29.5 Å². The van der Waals surface area contributed by atoms with E-state index in [1.807, 2.05) is 17.5 Å². The van der Waals surface area contributed by atoms with Crippen LogP contribution in [-0.4, -0.2) is 35.3 Å². The number of carbonyl (C=O) groups is 1. The summed E-state index contributed by atoms with van der Waals surface area (Å²) in [6.45, 7) is 2.19. The van der Waals surface area contributed by atoms with Crippen molar-refractivity contribution >= 4 is 17.3 Å². The highest BCUT2D eigenvalue weighted by Crippen LogP contribution is 2.35. The van der Waals surface area contributed by atoms with Crippen LogP contribution in [-0.2, 0) is 4.79 Å². The maximum Gasteiger partial charge on any atom is 0.490 e. The summed E-state index contributed by atoms with van der Waals surface area (Å²) in [7, 11) is 0. The molecule has 0 radical (unpaired) electrons. The molecule has 1 aliphatic heterocycles. The van der Waals surface area contributed by atoms with E-state index in [9.17, 15) is 13.2 Å². The molecule has 0 bridgehead atoms. The van der Waals surface area contributed by atoms with Gasteiger partial charge in [0, 0.05) is 11.6 Å². The summed E-state index contributed by atoms with van der Waals surface area (Å²) in [6.07, 6.45) is -0.955. The Hall–Kier alpha value is -2.13. The van der Waals surface area contributed by atoms with Crippen LogP contribution >= 0.6 is 11.3 Å². The second kappa shape index (κ2) is 8.82. The maximum atomic E-state index is 10.6. The number of carboxylic acids is 1. The Morgan fingerprint density at radius 1 is 1.28 bits per heavy atom. The van der Waals surface area contributed by atoms with Crippen molar-refractivity contribution < 1.29 is 27.8 Å². The van der Waals surface area contributed by atoms with Crippen molar-refractivity contribution in [2.45, 2.75) is 24.9 Å². The molecular weight excluding hydrogens is 357 g/mol. The predicted molar refractivity (Wildman–Crippen MR) is 87.2 cm³/mol. The van der Waals surface area contributed by atoms with Crippen molar-refractivity contribution in [1.82, 2.24) is 10.3 Å². The topological polar surface area (TPSA) is 71.5 Å². The molecule has 1 aromatic carbocycles. The SMILES string of the molecule is O=C(O)C(F)(F)F.c1ccc(C2CCNCC2)c(Oc2nccs2)c1. The molecule has 9 heteroatoms. The fourth-order valence-electron chi connectivity index (χ4n) is 2.40. The number of benzene rings is 1. The third-order valence-corrected chi connectivity index (χ3v) is 4.20. The van der Waals surface area contributed by atoms with Gasteiger partial charge < -0.3 is 15.2 Å². The lowest BCUT2D eigenvalue weighted by atomic mass is 9.90. The van der Waals surface area contributed by atoms with Crippen molar-refractivity contribution in [1.29, 1.82) is 0 Å². The van der Waals surface area contributed by atoms with Gasteiger partial charge >= 0.3 is 12.1 Å². The summed E-state index contributed by atoms with van der Waals surface area (Å²) in [4.78, 5) is 13.1. The van der Waals surface area contributed by atoms with E-state index in [2.05, 4.69) is 22.4 Å². The molecule has 0 amide bonds. The van der Waals surface area contributed by atoms with Gasteiger partial charge in [-0.2, -0.15) is 13.2 Å². The minimum atomic E-state index is -5.08. The first kappa shape index (κ1) is 19.2. The molecule has 1 aromatic heterocycles. The van der Waals surface area contributed by atoms with E-state index in [0.29, 0.717) is 5.92 Å². The largest absolute Gasteiger partial charge is 0.490 e. The molecule has 2 aromatic rings. The van der Waals surface area contributed by atoms with Gasteiger partial charge in [0.05, 0.1) is 0 Å². The fraction of sp³-hybridized carbons (Fsp3) is 0.375. The smallest absolute Gasteiger partial charge is 0.475 e. The molecule has 0 atom stereocenters. The van der Waals surface area contributed by atoms with Crippen molar-refractivity contribution in [3.8, 4) is 10.9 Å². The number of rotatable bonds is 3. The summed E-state index contributed by atoms with van der Waals surface area (Å²) in [5, 5.41) is 13.2. The van der Waals surface area contributed by atoms with Gasteiger partial charge in [-0.15, -0.1) is 0 Å². The van der Waals surface area contributed by atoms with Crippen LogP contribution in [0.15, 0.2) is 35.8 Å². The standard InChI is InChI=1S/C14H16N2OS.C2HF3O2/c1-2-4-13(17-14-16-9-10-18-14)12(3-1)11-5-7-15-8-6-11;3-2(4,5)1(6)7/h1-4,9-11,15H,5-8H2;(H,6,7). The van der Waals surface area contributed by atoms with Crippen LogP contribution in [0, 0.1) is 0 Å². The van der Waals surface area contributed by atoms with Crippen molar-refractivity contribution in [3.05, 3.63) is 41.4 Å². The van der Waals surface area contributed by atoms with E-state index >= 15 is 0 Å². The molecule has 0 saturated carbocycles. The summed E-state index contributed by atoms with van der Waals surface area (Å²) in [6, 6.07) is 8.33. The third-order valence-electron chi connectivity index (χ3n) is 3.55. The average molecular weight is 374 g/mol. The number of piperidine rings is 1. The zero-order valence-corrected chi connectivity index (χ0v) is 13.9. The van der Waals surface area contributed by atoms with Crippen LogP contribution in [0.5, 0.6) is 10.9 Å². The van der Waals surface area contributed by atoms with E-state index in [4.69, 9.17) is 14.6 Å². The third kappa shape index (κ3) is 6.02. The van der Waals surface area contributed by atoms with Gasteiger partial charge in [-0.25, -0.2) is 9.78 Å². The zero-order valence-electron chi connectivity index (χ0n) is 13.1. The lowest BCUT2D eigenvalue weighted by molar-refractivity contribution is -0.192. The van der Waals surface area contributed by atoms with Crippen LogP contribution in [0.2, 0.25) is 0 Å². The molecule has 1 fully saturated rings. The average Bonchev–Trinajstić information content (AvgIpc) is 3.09. The maximum absolute atomic E-state index is 10.6. The minimum absolute atomic E-state index is 0.599. The molecule has 25 heavy (non-hydrogen) atoms. The lowest BCUT2D eigenvalue weighted by Crippen LogP contribution is -2.26. The lowest BCUT2D eigenvalue weighted by Gasteiger charge is -2.24. The highest BCUT2D eigenvalue weighted by Gasteiger charge is 2.38. The Bertz CT molecular complexity index is 672. The first-order chi connectivity index (χ1) is 11.9. The summed E-state index contributed by atoms with van der Waals surface area (Å²) in [5.41, 5.74) is 1.31. The van der Waals surface area contributed by atoms with E-state index in [1.54, 1.807) is 6.20 Å². The number of nitrogens with zero attached hydrogens (tertiary/aromatic N) is 1. The molecule has 1 aliphatic rings. The Balaban J connectivity index is 0.000000277. The van der Waals surface area contributed by atoms with Crippen molar-refractivity contribution in [2.24, 2.45) is 0 Å². The van der Waals surface area contributed by atoms with Gasteiger partial charge in [0.1, 0.15) is 5.75 Å². The van der Waals surface area contributed by atoms with Crippen LogP contribution in [0.4, 0.5) is 13.2 Å². The van der Waals surface area contributed by atoms with E-state index in [1.165, 1.54) is 29.7 Å². The van der Waals surface area contributed by atoms with Gasteiger partial charge in [0.15, 0.2) is 0 Å². The molecule has 0 unspecified atom stereocenters.